The molecule has 61 heavy (non-hydrogen) atoms. The van der Waals surface area contributed by atoms with Crippen LogP contribution < -0.4 is 0 Å². The lowest BCUT2D eigenvalue weighted by atomic mass is 9.83. The zero-order valence-electron chi connectivity index (χ0n) is 40.2. The second kappa shape index (κ2) is 16.0. The number of para-hydroxylation sites is 1. The van der Waals surface area contributed by atoms with E-state index in [0.29, 0.717) is 17.0 Å². The van der Waals surface area contributed by atoms with Crippen LogP contribution in [0.5, 0.6) is 5.75 Å². The van der Waals surface area contributed by atoms with Crippen molar-refractivity contribution in [3.05, 3.63) is 167 Å². The van der Waals surface area contributed by atoms with Crippen LogP contribution in [0, 0.1) is 6.85 Å². The van der Waals surface area contributed by atoms with Crippen LogP contribution in [0.15, 0.2) is 140 Å². The fraction of sp³-hybridized carbons (Fsp3) is 0.263. The maximum atomic E-state index is 12.3. The molecular formula is C57H59N3O. The molecule has 0 atom stereocenters. The van der Waals surface area contributed by atoms with Gasteiger partial charge in [0, 0.05) is 27.0 Å². The first-order valence-electron chi connectivity index (χ1n) is 23.0. The van der Waals surface area contributed by atoms with Gasteiger partial charge in [0.2, 0.25) is 0 Å². The minimum absolute atomic E-state index is 0.0838. The van der Waals surface area contributed by atoms with Gasteiger partial charge < -0.3 is 5.11 Å². The molecule has 2 aromatic heterocycles. The predicted octanol–water partition coefficient (Wildman–Crippen LogP) is 15.6. The summed E-state index contributed by atoms with van der Waals surface area (Å²) in [4.78, 5) is 10.5. The molecule has 0 amide bonds. The van der Waals surface area contributed by atoms with Crippen LogP contribution in [0.25, 0.3) is 72.7 Å². The van der Waals surface area contributed by atoms with E-state index in [9.17, 15) is 5.11 Å². The summed E-state index contributed by atoms with van der Waals surface area (Å²) in [5.41, 5.74) is 15.7. The van der Waals surface area contributed by atoms with Crippen LogP contribution in [0.2, 0.25) is 0 Å². The number of hydrogen-bond acceptors (Lipinski definition) is 3. The highest BCUT2D eigenvalue weighted by molar-refractivity contribution is 5.98. The van der Waals surface area contributed by atoms with Gasteiger partial charge in [0.15, 0.2) is 0 Å². The van der Waals surface area contributed by atoms with Gasteiger partial charge in [-0.1, -0.05) is 160 Å². The minimum atomic E-state index is -2.16. The van der Waals surface area contributed by atoms with E-state index in [4.69, 9.17) is 14.1 Å². The molecule has 0 saturated carbocycles. The van der Waals surface area contributed by atoms with Crippen molar-refractivity contribution in [2.45, 2.75) is 98.8 Å². The Bertz CT molecular complexity index is 3000. The Balaban J connectivity index is 1.41. The Kier molecular flexibility index (Phi) is 9.88. The quantitative estimate of drug-likeness (QED) is 0.166. The molecule has 1 N–H and O–H groups in total. The zero-order chi connectivity index (χ0) is 45.9. The third-order valence-electron chi connectivity index (χ3n) is 11.9. The smallest absolute Gasteiger partial charge is 0.149 e. The van der Waals surface area contributed by atoms with E-state index in [1.807, 2.05) is 24.4 Å². The Morgan fingerprint density at radius 3 is 1.97 bits per heavy atom. The van der Waals surface area contributed by atoms with E-state index >= 15 is 0 Å². The predicted molar refractivity (Wildman–Crippen MR) is 258 cm³/mol. The molecule has 0 spiro atoms. The fourth-order valence-corrected chi connectivity index (χ4v) is 8.22. The molecule has 0 saturated heterocycles. The van der Waals surface area contributed by atoms with Crippen molar-refractivity contribution >= 4 is 11.0 Å². The molecule has 4 heteroatoms. The number of imidazole rings is 1. The summed E-state index contributed by atoms with van der Waals surface area (Å²) < 4.78 is 25.8. The topological polar surface area (TPSA) is 50.9 Å². The number of hydrogen-bond donors (Lipinski definition) is 1. The van der Waals surface area contributed by atoms with E-state index in [1.54, 1.807) is 12.1 Å². The number of nitrogens with zero attached hydrogens (tertiary/aromatic N) is 3. The van der Waals surface area contributed by atoms with Gasteiger partial charge in [-0.3, -0.25) is 9.55 Å². The minimum Gasteiger partial charge on any atom is -0.507 e. The Labute approximate surface area is 367 Å². The maximum Gasteiger partial charge on any atom is 0.149 e. The van der Waals surface area contributed by atoms with Gasteiger partial charge in [0.05, 0.1) is 28.0 Å². The third kappa shape index (κ3) is 8.16. The summed E-state index contributed by atoms with van der Waals surface area (Å²) in [7, 11) is 0. The molecule has 308 valence electrons. The SMILES string of the molecule is [2H]C([2H])([2H])c1ccc(-c2ccnc(-c3cc(-c4cccc5c4nc(-c4cc(C(C)C)cc(C(C)C)c4O)n5-c4ccc(C(C)(C)C)cc4-c4ccccc4)cc(C(C)(C)C)c3)c2)cc1. The summed E-state index contributed by atoms with van der Waals surface area (Å²) in [5, 5.41) is 12.3. The lowest BCUT2D eigenvalue weighted by molar-refractivity contribution is 0.466. The molecule has 2 heterocycles. The van der Waals surface area contributed by atoms with Crippen molar-refractivity contribution in [2.75, 3.05) is 0 Å². The van der Waals surface area contributed by atoms with Crippen molar-refractivity contribution in [3.63, 3.8) is 0 Å². The Morgan fingerprint density at radius 2 is 1.30 bits per heavy atom. The molecule has 0 unspecified atom stereocenters. The lowest BCUT2D eigenvalue weighted by Crippen LogP contribution is -2.12. The summed E-state index contributed by atoms with van der Waals surface area (Å²) in [5.74, 6) is 1.25. The molecule has 8 rings (SSSR count). The summed E-state index contributed by atoms with van der Waals surface area (Å²) in [6.07, 6.45) is 1.82. The van der Waals surface area contributed by atoms with E-state index in [2.05, 4.69) is 177 Å². The second-order valence-corrected chi connectivity index (χ2v) is 19.2. The molecule has 4 nitrogen and oxygen atoms in total. The van der Waals surface area contributed by atoms with Crippen molar-refractivity contribution in [3.8, 4) is 67.5 Å². The third-order valence-corrected chi connectivity index (χ3v) is 11.9. The number of aryl methyl sites for hydroxylation is 1. The van der Waals surface area contributed by atoms with Crippen LogP contribution in [-0.2, 0) is 10.8 Å². The number of benzene rings is 6. The van der Waals surface area contributed by atoms with Gasteiger partial charge in [-0.05, 0) is 123 Å². The summed E-state index contributed by atoms with van der Waals surface area (Å²) >= 11 is 0. The van der Waals surface area contributed by atoms with E-state index in [-0.39, 0.29) is 28.4 Å². The molecule has 0 fully saturated rings. The Hall–Kier alpha value is -6.26. The number of aromatic hydroxyl groups is 1. The molecular weight excluding hydrogens is 743 g/mol. The number of phenols is 1. The number of phenolic OH excluding ortho intramolecular Hbond substituents is 1. The Morgan fingerprint density at radius 1 is 0.574 bits per heavy atom. The lowest BCUT2D eigenvalue weighted by Gasteiger charge is -2.23. The molecule has 0 radical (unpaired) electrons. The number of pyridine rings is 1. The summed E-state index contributed by atoms with van der Waals surface area (Å²) in [6.45, 7) is 19.9. The second-order valence-electron chi connectivity index (χ2n) is 19.2. The number of fused-ring (bicyclic) bond motifs is 1. The monoisotopic (exact) mass is 804 g/mol. The first-order valence-corrected chi connectivity index (χ1v) is 21.5. The van der Waals surface area contributed by atoms with Crippen molar-refractivity contribution in [2.24, 2.45) is 0 Å². The van der Waals surface area contributed by atoms with Gasteiger partial charge in [-0.25, -0.2) is 4.98 Å². The van der Waals surface area contributed by atoms with Crippen LogP contribution in [0.1, 0.15) is 113 Å². The van der Waals surface area contributed by atoms with Crippen LogP contribution >= 0.6 is 0 Å². The van der Waals surface area contributed by atoms with Crippen molar-refractivity contribution < 1.29 is 9.22 Å². The highest BCUT2D eigenvalue weighted by Gasteiger charge is 2.27. The standard InChI is InChI=1S/C57H59N3O/c1-35(2)41-31-47(36(3)4)54(61)49(32-41)55-59-53-46(18-15-19-52(53)60(55)51-25-24-44(56(6,7)8)34-48(51)39-16-13-12-14-17-39)42-28-43(30-45(29-42)57(9,10)11)50-33-40(26-27-58-50)38-22-20-37(5)21-23-38/h12-36,61H,1-11H3/i5D3. The van der Waals surface area contributed by atoms with Crippen LogP contribution in [0.3, 0.4) is 0 Å². The first-order chi connectivity index (χ1) is 30.2. The first kappa shape index (κ1) is 37.7. The van der Waals surface area contributed by atoms with Gasteiger partial charge in [-0.15, -0.1) is 0 Å². The fourth-order valence-electron chi connectivity index (χ4n) is 8.22. The van der Waals surface area contributed by atoms with Crippen LogP contribution in [-0.4, -0.2) is 19.6 Å². The van der Waals surface area contributed by atoms with Gasteiger partial charge >= 0.3 is 0 Å². The van der Waals surface area contributed by atoms with Crippen LogP contribution in [0.4, 0.5) is 0 Å². The average molecular weight is 805 g/mol. The van der Waals surface area contributed by atoms with Gasteiger partial charge in [0.1, 0.15) is 11.6 Å². The summed E-state index contributed by atoms with van der Waals surface area (Å²) in [6, 6.07) is 45.8. The largest absolute Gasteiger partial charge is 0.507 e. The highest BCUT2D eigenvalue weighted by atomic mass is 16.3. The van der Waals surface area contributed by atoms with E-state index in [0.717, 1.165) is 78.0 Å². The number of aromatic nitrogens is 3. The molecule has 0 aliphatic rings. The molecule has 0 aliphatic heterocycles. The van der Waals surface area contributed by atoms with Gasteiger partial charge in [0.25, 0.3) is 0 Å². The van der Waals surface area contributed by atoms with E-state index in [1.165, 1.54) is 5.56 Å². The zero-order valence-corrected chi connectivity index (χ0v) is 37.2. The van der Waals surface area contributed by atoms with Crippen molar-refractivity contribution in [1.82, 2.24) is 14.5 Å². The maximum absolute atomic E-state index is 12.3. The van der Waals surface area contributed by atoms with Crippen molar-refractivity contribution in [1.29, 1.82) is 0 Å². The molecule has 8 aromatic rings. The molecule has 6 aromatic carbocycles. The number of rotatable bonds is 8. The average Bonchev–Trinajstić information content (AvgIpc) is 3.65. The van der Waals surface area contributed by atoms with Gasteiger partial charge in [-0.2, -0.15) is 0 Å². The molecule has 0 bridgehead atoms. The molecule has 0 aliphatic carbocycles. The van der Waals surface area contributed by atoms with E-state index < -0.39 is 6.85 Å². The highest BCUT2D eigenvalue weighted by Crippen LogP contribution is 2.45. The normalized spacial score (nSPS) is 13.1.